The number of rotatable bonds is 4. The maximum absolute atomic E-state index is 4.56. The van der Waals surface area contributed by atoms with Crippen LogP contribution < -0.4 is 0 Å². The van der Waals surface area contributed by atoms with E-state index >= 15 is 0 Å². The summed E-state index contributed by atoms with van der Waals surface area (Å²) in [7, 11) is 0. The second-order valence-electron chi connectivity index (χ2n) is 4.30. The topological polar surface area (TPSA) is 25.8 Å². The van der Waals surface area contributed by atoms with E-state index in [0.29, 0.717) is 0 Å². The molecule has 0 saturated carbocycles. The molecule has 0 aliphatic heterocycles. The van der Waals surface area contributed by atoms with Gasteiger partial charge in [-0.1, -0.05) is 60.3 Å². The van der Waals surface area contributed by atoms with Crippen molar-refractivity contribution in [1.29, 1.82) is 0 Å². The molecule has 0 saturated heterocycles. The van der Waals surface area contributed by atoms with E-state index in [2.05, 4.69) is 34.2 Å². The molecule has 0 radical (unpaired) electrons. The number of para-hydroxylation sites is 1. The molecule has 0 spiro atoms. The number of aromatic nitrogens is 2. The smallest absolute Gasteiger partial charge is 0.188 e. The SMILES string of the molecule is c1ccc(CCSc2ncc3ccccc3n2)cc1. The largest absolute Gasteiger partial charge is 0.230 e. The van der Waals surface area contributed by atoms with Crippen LogP contribution in [0.5, 0.6) is 0 Å². The van der Waals surface area contributed by atoms with Crippen molar-refractivity contribution in [2.75, 3.05) is 5.75 Å². The van der Waals surface area contributed by atoms with Gasteiger partial charge < -0.3 is 0 Å². The van der Waals surface area contributed by atoms with Crippen molar-refractivity contribution in [1.82, 2.24) is 9.97 Å². The van der Waals surface area contributed by atoms with Crippen LogP contribution in [0.1, 0.15) is 5.56 Å². The van der Waals surface area contributed by atoms with Gasteiger partial charge in [0.2, 0.25) is 0 Å². The molecule has 1 aromatic heterocycles. The molecule has 1 heterocycles. The van der Waals surface area contributed by atoms with E-state index < -0.39 is 0 Å². The van der Waals surface area contributed by atoms with Crippen LogP contribution in [0, 0.1) is 0 Å². The number of hydrogen-bond donors (Lipinski definition) is 0. The lowest BCUT2D eigenvalue weighted by Gasteiger charge is -2.02. The molecule has 0 aliphatic carbocycles. The molecule has 0 unspecified atom stereocenters. The Balaban J connectivity index is 1.65. The highest BCUT2D eigenvalue weighted by Crippen LogP contribution is 2.18. The fraction of sp³-hybridized carbons (Fsp3) is 0.125. The van der Waals surface area contributed by atoms with Crippen molar-refractivity contribution in [2.24, 2.45) is 0 Å². The van der Waals surface area contributed by atoms with Crippen LogP contribution in [0.15, 0.2) is 66.0 Å². The van der Waals surface area contributed by atoms with E-state index in [1.54, 1.807) is 11.8 Å². The lowest BCUT2D eigenvalue weighted by atomic mass is 10.2. The summed E-state index contributed by atoms with van der Waals surface area (Å²) < 4.78 is 0. The zero-order valence-electron chi connectivity index (χ0n) is 10.5. The summed E-state index contributed by atoms with van der Waals surface area (Å²) >= 11 is 1.71. The average molecular weight is 266 g/mol. The molecule has 2 aromatic carbocycles. The van der Waals surface area contributed by atoms with Crippen LogP contribution in [0.3, 0.4) is 0 Å². The van der Waals surface area contributed by atoms with E-state index in [-0.39, 0.29) is 0 Å². The van der Waals surface area contributed by atoms with Crippen LogP contribution in [0.4, 0.5) is 0 Å². The molecule has 3 rings (SSSR count). The number of benzene rings is 2. The highest BCUT2D eigenvalue weighted by molar-refractivity contribution is 7.99. The molecular formula is C16H14N2S. The Bertz CT molecular complexity index is 668. The second-order valence-corrected chi connectivity index (χ2v) is 5.36. The van der Waals surface area contributed by atoms with Gasteiger partial charge in [-0.2, -0.15) is 0 Å². The van der Waals surface area contributed by atoms with E-state index in [9.17, 15) is 0 Å². The minimum atomic E-state index is 0.856. The van der Waals surface area contributed by atoms with Gasteiger partial charge in [-0.15, -0.1) is 0 Å². The standard InChI is InChI=1S/C16H14N2S/c1-2-6-13(7-3-1)10-11-19-16-17-12-14-8-4-5-9-15(14)18-16/h1-9,12H,10-11H2. The highest BCUT2D eigenvalue weighted by Gasteiger charge is 2.00. The van der Waals surface area contributed by atoms with Gasteiger partial charge in [0.25, 0.3) is 0 Å². The third-order valence-electron chi connectivity index (χ3n) is 2.93. The first-order valence-electron chi connectivity index (χ1n) is 6.30. The summed E-state index contributed by atoms with van der Waals surface area (Å²) in [5, 5.41) is 1.95. The molecule has 94 valence electrons. The van der Waals surface area contributed by atoms with Crippen molar-refractivity contribution in [3.8, 4) is 0 Å². The summed E-state index contributed by atoms with van der Waals surface area (Å²) in [5.74, 6) is 1.00. The molecule has 3 heteroatoms. The van der Waals surface area contributed by atoms with Gasteiger partial charge in [0.1, 0.15) is 0 Å². The van der Waals surface area contributed by atoms with Crippen LogP contribution in [-0.2, 0) is 6.42 Å². The summed E-state index contributed by atoms with van der Waals surface area (Å²) in [4.78, 5) is 8.95. The maximum Gasteiger partial charge on any atom is 0.188 e. The van der Waals surface area contributed by atoms with Gasteiger partial charge in [-0.3, -0.25) is 0 Å². The van der Waals surface area contributed by atoms with Crippen molar-refractivity contribution >= 4 is 22.7 Å². The molecule has 0 amide bonds. The zero-order valence-corrected chi connectivity index (χ0v) is 11.3. The summed E-state index contributed by atoms with van der Waals surface area (Å²) in [5.41, 5.74) is 2.37. The Morgan fingerprint density at radius 2 is 1.68 bits per heavy atom. The monoisotopic (exact) mass is 266 g/mol. The van der Waals surface area contributed by atoms with Crippen LogP contribution >= 0.6 is 11.8 Å². The first kappa shape index (κ1) is 12.2. The minimum Gasteiger partial charge on any atom is -0.230 e. The molecule has 0 aliphatic rings. The normalized spacial score (nSPS) is 10.7. The quantitative estimate of drug-likeness (QED) is 0.528. The third kappa shape index (κ3) is 3.12. The number of fused-ring (bicyclic) bond motifs is 1. The van der Waals surface area contributed by atoms with E-state index in [1.807, 2.05) is 36.5 Å². The first-order chi connectivity index (χ1) is 9.42. The van der Waals surface area contributed by atoms with Crippen LogP contribution in [0.25, 0.3) is 10.9 Å². The van der Waals surface area contributed by atoms with E-state index in [4.69, 9.17) is 0 Å². The first-order valence-corrected chi connectivity index (χ1v) is 7.29. The fourth-order valence-corrected chi connectivity index (χ4v) is 2.74. The molecular weight excluding hydrogens is 252 g/mol. The second kappa shape index (κ2) is 5.85. The Morgan fingerprint density at radius 1 is 0.895 bits per heavy atom. The van der Waals surface area contributed by atoms with Gasteiger partial charge in [0, 0.05) is 17.3 Å². The van der Waals surface area contributed by atoms with Crippen LogP contribution in [-0.4, -0.2) is 15.7 Å². The number of hydrogen-bond acceptors (Lipinski definition) is 3. The van der Waals surface area contributed by atoms with Crippen molar-refractivity contribution in [3.63, 3.8) is 0 Å². The Morgan fingerprint density at radius 3 is 2.58 bits per heavy atom. The molecule has 0 fully saturated rings. The number of thioether (sulfide) groups is 1. The Hall–Kier alpha value is -1.87. The van der Waals surface area contributed by atoms with Gasteiger partial charge in [0.15, 0.2) is 5.16 Å². The molecule has 0 atom stereocenters. The van der Waals surface area contributed by atoms with Gasteiger partial charge in [-0.25, -0.2) is 9.97 Å². The van der Waals surface area contributed by atoms with Gasteiger partial charge in [-0.05, 0) is 18.1 Å². The van der Waals surface area contributed by atoms with Crippen molar-refractivity contribution < 1.29 is 0 Å². The van der Waals surface area contributed by atoms with Crippen molar-refractivity contribution in [2.45, 2.75) is 11.6 Å². The van der Waals surface area contributed by atoms with Gasteiger partial charge >= 0.3 is 0 Å². The zero-order chi connectivity index (χ0) is 12.9. The average Bonchev–Trinajstić information content (AvgIpc) is 2.48. The summed E-state index contributed by atoms with van der Waals surface area (Å²) in [6, 6.07) is 18.6. The third-order valence-corrected chi connectivity index (χ3v) is 3.79. The highest BCUT2D eigenvalue weighted by atomic mass is 32.2. The van der Waals surface area contributed by atoms with Crippen LogP contribution in [0.2, 0.25) is 0 Å². The molecule has 0 N–H and O–H groups in total. The van der Waals surface area contributed by atoms with Gasteiger partial charge in [0.05, 0.1) is 5.52 Å². The number of aryl methyl sites for hydroxylation is 1. The minimum absolute atomic E-state index is 0.856. The molecule has 0 bridgehead atoms. The number of nitrogens with zero attached hydrogens (tertiary/aromatic N) is 2. The molecule has 19 heavy (non-hydrogen) atoms. The van der Waals surface area contributed by atoms with E-state index in [0.717, 1.165) is 28.2 Å². The Kier molecular flexibility index (Phi) is 3.75. The summed E-state index contributed by atoms with van der Waals surface area (Å²) in [6.45, 7) is 0. The lowest BCUT2D eigenvalue weighted by Crippen LogP contribution is -1.92. The predicted octanol–water partition coefficient (Wildman–Crippen LogP) is 3.96. The lowest BCUT2D eigenvalue weighted by molar-refractivity contribution is 0.998. The van der Waals surface area contributed by atoms with E-state index in [1.165, 1.54) is 5.56 Å². The van der Waals surface area contributed by atoms with Crippen molar-refractivity contribution in [3.05, 3.63) is 66.4 Å². The molecule has 3 aromatic rings. The maximum atomic E-state index is 4.56. The fourth-order valence-electron chi connectivity index (χ4n) is 1.93. The Labute approximate surface area is 116 Å². The molecule has 2 nitrogen and oxygen atoms in total. The summed E-state index contributed by atoms with van der Waals surface area (Å²) in [6.07, 6.45) is 2.94. The predicted molar refractivity (Wildman–Crippen MR) is 80.4 cm³/mol.